The molecule has 0 spiro atoms. The van der Waals surface area contributed by atoms with Gasteiger partial charge in [-0.1, -0.05) is 13.8 Å². The number of amides is 2. The SMILES string of the molecule is CC(=O)OC(=O)C(C)NC(=O)CC(C)OCCC(C)(C)NC(=O)OCCC(C)C. The highest BCUT2D eigenvalue weighted by Crippen LogP contribution is 2.11. The highest BCUT2D eigenvalue weighted by atomic mass is 16.6. The first-order valence-corrected chi connectivity index (χ1v) is 9.90. The Bertz CT molecular complexity index is 561. The van der Waals surface area contributed by atoms with E-state index in [4.69, 9.17) is 9.47 Å². The fourth-order valence-corrected chi connectivity index (χ4v) is 2.19. The van der Waals surface area contributed by atoms with Crippen molar-refractivity contribution in [2.24, 2.45) is 5.92 Å². The van der Waals surface area contributed by atoms with Crippen molar-refractivity contribution in [1.29, 1.82) is 0 Å². The summed E-state index contributed by atoms with van der Waals surface area (Å²) in [5.74, 6) is -1.47. The van der Waals surface area contributed by atoms with Crippen molar-refractivity contribution in [3.05, 3.63) is 0 Å². The summed E-state index contributed by atoms with van der Waals surface area (Å²) in [6, 6.07) is -0.927. The quantitative estimate of drug-likeness (QED) is 0.370. The third kappa shape index (κ3) is 14.5. The van der Waals surface area contributed by atoms with Gasteiger partial charge >= 0.3 is 18.0 Å². The number of carbonyl (C=O) groups is 4. The summed E-state index contributed by atoms with van der Waals surface area (Å²) in [6.45, 7) is 12.8. The zero-order chi connectivity index (χ0) is 22.6. The number of ether oxygens (including phenoxy) is 3. The molecule has 0 aliphatic heterocycles. The molecule has 0 aromatic heterocycles. The number of hydrogen-bond donors (Lipinski definition) is 2. The van der Waals surface area contributed by atoms with Crippen LogP contribution in [0.3, 0.4) is 0 Å². The Morgan fingerprint density at radius 1 is 1.00 bits per heavy atom. The minimum Gasteiger partial charge on any atom is -0.450 e. The van der Waals surface area contributed by atoms with Gasteiger partial charge in [-0.25, -0.2) is 9.59 Å². The van der Waals surface area contributed by atoms with Gasteiger partial charge in [0.25, 0.3) is 0 Å². The van der Waals surface area contributed by atoms with Crippen LogP contribution in [-0.2, 0) is 28.6 Å². The van der Waals surface area contributed by atoms with Gasteiger partial charge in [-0.05, 0) is 46.5 Å². The lowest BCUT2D eigenvalue weighted by molar-refractivity contribution is -0.160. The Hall–Kier alpha value is -2.16. The minimum atomic E-state index is -0.927. The lowest BCUT2D eigenvalue weighted by atomic mass is 10.0. The first-order valence-electron chi connectivity index (χ1n) is 9.90. The van der Waals surface area contributed by atoms with Crippen LogP contribution in [0.25, 0.3) is 0 Å². The van der Waals surface area contributed by atoms with Crippen LogP contribution in [0.1, 0.15) is 67.7 Å². The lowest BCUT2D eigenvalue weighted by Gasteiger charge is -2.26. The number of hydrogen-bond acceptors (Lipinski definition) is 7. The number of rotatable bonds is 12. The molecular weight excluding hydrogens is 380 g/mol. The van der Waals surface area contributed by atoms with Crippen molar-refractivity contribution in [3.8, 4) is 0 Å². The monoisotopic (exact) mass is 416 g/mol. The third-order valence-electron chi connectivity index (χ3n) is 3.95. The van der Waals surface area contributed by atoms with E-state index in [0.29, 0.717) is 25.6 Å². The van der Waals surface area contributed by atoms with E-state index in [-0.39, 0.29) is 12.5 Å². The van der Waals surface area contributed by atoms with Crippen LogP contribution in [0.4, 0.5) is 4.79 Å². The molecular formula is C20H36N2O7. The first kappa shape index (κ1) is 26.8. The second-order valence-electron chi connectivity index (χ2n) is 8.16. The Morgan fingerprint density at radius 2 is 1.62 bits per heavy atom. The normalized spacial score (nSPS) is 13.4. The van der Waals surface area contributed by atoms with Crippen LogP contribution >= 0.6 is 0 Å². The minimum absolute atomic E-state index is 0.0444. The number of carbonyl (C=O) groups excluding carboxylic acids is 4. The van der Waals surface area contributed by atoms with Gasteiger partial charge in [0, 0.05) is 19.1 Å². The average molecular weight is 417 g/mol. The molecule has 0 heterocycles. The van der Waals surface area contributed by atoms with Crippen molar-refractivity contribution >= 4 is 23.9 Å². The summed E-state index contributed by atoms with van der Waals surface area (Å²) < 4.78 is 15.2. The smallest absolute Gasteiger partial charge is 0.407 e. The van der Waals surface area contributed by atoms with Gasteiger partial charge in [-0.2, -0.15) is 0 Å². The molecule has 0 aliphatic rings. The molecule has 0 saturated carbocycles. The van der Waals surface area contributed by atoms with Gasteiger partial charge in [-0.3, -0.25) is 9.59 Å². The molecule has 0 aliphatic carbocycles. The maximum Gasteiger partial charge on any atom is 0.407 e. The predicted molar refractivity (Wildman–Crippen MR) is 107 cm³/mol. The van der Waals surface area contributed by atoms with Crippen molar-refractivity contribution in [2.45, 2.75) is 85.4 Å². The van der Waals surface area contributed by atoms with E-state index < -0.39 is 35.5 Å². The molecule has 2 unspecified atom stereocenters. The highest BCUT2D eigenvalue weighted by molar-refractivity contribution is 5.90. The molecule has 2 amide bonds. The Labute approximate surface area is 173 Å². The molecule has 0 fully saturated rings. The zero-order valence-electron chi connectivity index (χ0n) is 18.6. The molecule has 0 saturated heterocycles. The first-order chi connectivity index (χ1) is 13.3. The van der Waals surface area contributed by atoms with Gasteiger partial charge in [-0.15, -0.1) is 0 Å². The highest BCUT2D eigenvalue weighted by Gasteiger charge is 2.23. The Balaban J connectivity index is 4.15. The Morgan fingerprint density at radius 3 is 2.17 bits per heavy atom. The Kier molecular flexibility index (Phi) is 12.2. The van der Waals surface area contributed by atoms with E-state index >= 15 is 0 Å². The molecule has 2 atom stereocenters. The van der Waals surface area contributed by atoms with Crippen LogP contribution < -0.4 is 10.6 Å². The van der Waals surface area contributed by atoms with Crippen molar-refractivity contribution in [1.82, 2.24) is 10.6 Å². The third-order valence-corrected chi connectivity index (χ3v) is 3.95. The molecule has 29 heavy (non-hydrogen) atoms. The second kappa shape index (κ2) is 13.1. The van der Waals surface area contributed by atoms with Gasteiger partial charge in [0.2, 0.25) is 5.91 Å². The van der Waals surface area contributed by atoms with Crippen LogP contribution in [0.15, 0.2) is 0 Å². The second-order valence-corrected chi connectivity index (χ2v) is 8.16. The number of nitrogens with one attached hydrogen (secondary N) is 2. The fourth-order valence-electron chi connectivity index (χ4n) is 2.19. The van der Waals surface area contributed by atoms with E-state index in [0.717, 1.165) is 13.3 Å². The molecule has 0 aromatic carbocycles. The van der Waals surface area contributed by atoms with E-state index in [2.05, 4.69) is 29.2 Å². The van der Waals surface area contributed by atoms with Gasteiger partial charge in [0.05, 0.1) is 19.1 Å². The topological polar surface area (TPSA) is 120 Å². The molecule has 9 heteroatoms. The molecule has 0 rings (SSSR count). The van der Waals surface area contributed by atoms with Crippen LogP contribution in [0, 0.1) is 5.92 Å². The molecule has 0 aromatic rings. The van der Waals surface area contributed by atoms with Crippen molar-refractivity contribution in [2.75, 3.05) is 13.2 Å². The largest absolute Gasteiger partial charge is 0.450 e. The summed E-state index contributed by atoms with van der Waals surface area (Å²) in [4.78, 5) is 46.0. The summed E-state index contributed by atoms with van der Waals surface area (Å²) in [5, 5.41) is 5.26. The van der Waals surface area contributed by atoms with Crippen LogP contribution in [0.5, 0.6) is 0 Å². The van der Waals surface area contributed by atoms with E-state index in [1.54, 1.807) is 6.92 Å². The number of alkyl carbamates (subject to hydrolysis) is 1. The number of esters is 2. The van der Waals surface area contributed by atoms with Gasteiger partial charge in [0.1, 0.15) is 6.04 Å². The molecule has 0 radical (unpaired) electrons. The summed E-state index contributed by atoms with van der Waals surface area (Å²) in [6.07, 6.45) is 0.526. The fraction of sp³-hybridized carbons (Fsp3) is 0.800. The van der Waals surface area contributed by atoms with E-state index in [1.807, 2.05) is 13.8 Å². The zero-order valence-corrected chi connectivity index (χ0v) is 18.6. The van der Waals surface area contributed by atoms with Crippen molar-refractivity contribution in [3.63, 3.8) is 0 Å². The lowest BCUT2D eigenvalue weighted by Crippen LogP contribution is -2.45. The van der Waals surface area contributed by atoms with Crippen LogP contribution in [-0.4, -0.2) is 54.8 Å². The summed E-state index contributed by atoms with van der Waals surface area (Å²) in [7, 11) is 0. The predicted octanol–water partition coefficient (Wildman–Crippen LogP) is 2.32. The molecule has 2 N–H and O–H groups in total. The van der Waals surface area contributed by atoms with E-state index in [9.17, 15) is 19.2 Å². The maximum atomic E-state index is 12.0. The molecule has 0 bridgehead atoms. The van der Waals surface area contributed by atoms with Gasteiger partial charge in [0.15, 0.2) is 0 Å². The standard InChI is InChI=1S/C20H36N2O7/c1-13(2)8-10-28-19(26)22-20(6,7)9-11-27-14(3)12-17(24)21-15(4)18(25)29-16(5)23/h13-15H,8-12H2,1-7H3,(H,21,24)(H,22,26). The van der Waals surface area contributed by atoms with Gasteiger partial charge < -0.3 is 24.8 Å². The average Bonchev–Trinajstić information content (AvgIpc) is 2.52. The molecule has 168 valence electrons. The summed E-state index contributed by atoms with van der Waals surface area (Å²) in [5.41, 5.74) is -0.526. The summed E-state index contributed by atoms with van der Waals surface area (Å²) >= 11 is 0. The maximum absolute atomic E-state index is 12.0. The molecule has 9 nitrogen and oxygen atoms in total. The van der Waals surface area contributed by atoms with E-state index in [1.165, 1.54) is 6.92 Å². The van der Waals surface area contributed by atoms with Crippen LogP contribution in [0.2, 0.25) is 0 Å². The van der Waals surface area contributed by atoms with Crippen molar-refractivity contribution < 1.29 is 33.4 Å².